The first-order valence-electron chi connectivity index (χ1n) is 12.9. The molecule has 0 aliphatic carbocycles. The first-order valence-corrected chi connectivity index (χ1v) is 14.9. The number of aryl methyl sites for hydroxylation is 1. The number of amidine groups is 1. The zero-order valence-corrected chi connectivity index (χ0v) is 25.8. The summed E-state index contributed by atoms with van der Waals surface area (Å²) < 4.78 is 12.0. The number of amides is 2. The number of benzene rings is 3. The van der Waals surface area contributed by atoms with Crippen LogP contribution in [0.4, 0.5) is 5.69 Å². The third kappa shape index (κ3) is 7.95. The molecule has 9 nitrogen and oxygen atoms in total. The van der Waals surface area contributed by atoms with Crippen molar-refractivity contribution < 1.29 is 23.8 Å². The second-order valence-corrected chi connectivity index (χ2v) is 11.7. The van der Waals surface area contributed by atoms with Crippen LogP contribution < -0.4 is 10.1 Å². The molecular weight excluding hydrogens is 656 g/mol. The number of hydrogen-bond acceptors (Lipinski definition) is 8. The number of nitrogens with one attached hydrogen (secondary N) is 1. The fourth-order valence-corrected chi connectivity index (χ4v) is 5.42. The van der Waals surface area contributed by atoms with E-state index < -0.39 is 0 Å². The van der Waals surface area contributed by atoms with E-state index in [1.54, 1.807) is 48.5 Å². The average molecular weight is 680 g/mol. The number of carbonyl (C=O) groups is 2. The van der Waals surface area contributed by atoms with E-state index in [0.29, 0.717) is 43.4 Å². The highest BCUT2D eigenvalue weighted by atomic mass is 79.9. The molecule has 43 heavy (non-hydrogen) atoms. The summed E-state index contributed by atoms with van der Waals surface area (Å²) in [6, 6.07) is 20.8. The number of anilines is 1. The van der Waals surface area contributed by atoms with Gasteiger partial charge in [-0.1, -0.05) is 45.2 Å². The molecule has 3 aromatic carbocycles. The predicted molar refractivity (Wildman–Crippen MR) is 172 cm³/mol. The smallest absolute Gasteiger partial charge is 0.267 e. The molecule has 4 aromatic rings. The monoisotopic (exact) mass is 678 g/mol. The summed E-state index contributed by atoms with van der Waals surface area (Å²) in [7, 11) is 0. The van der Waals surface area contributed by atoms with E-state index in [-0.39, 0.29) is 30.7 Å². The number of ether oxygens (including phenoxy) is 1. The molecule has 0 spiro atoms. The van der Waals surface area contributed by atoms with E-state index in [1.807, 2.05) is 31.2 Å². The Morgan fingerprint density at radius 3 is 2.72 bits per heavy atom. The lowest BCUT2D eigenvalue weighted by molar-refractivity contribution is -0.122. The predicted octanol–water partition coefficient (Wildman–Crippen LogP) is 7.23. The summed E-state index contributed by atoms with van der Waals surface area (Å²) in [5.41, 5.74) is 2.70. The number of aromatic hydroxyl groups is 1. The van der Waals surface area contributed by atoms with Crippen LogP contribution in [0.15, 0.2) is 103 Å². The lowest BCUT2D eigenvalue weighted by Gasteiger charge is -2.13. The molecule has 1 saturated heterocycles. The van der Waals surface area contributed by atoms with E-state index in [0.717, 1.165) is 21.8 Å². The van der Waals surface area contributed by atoms with Gasteiger partial charge in [0, 0.05) is 26.3 Å². The molecule has 2 amide bonds. The molecular formula is C31H24BrClN4O5S. The molecule has 1 aromatic heterocycles. The molecule has 0 atom stereocenters. The second kappa shape index (κ2) is 13.8. The number of hydrogen-bond donors (Lipinski definition) is 2. The van der Waals surface area contributed by atoms with E-state index >= 15 is 0 Å². The number of nitrogens with zero attached hydrogens (tertiary/aromatic N) is 3. The Labute approximate surface area is 265 Å². The minimum atomic E-state index is -0.336. The van der Waals surface area contributed by atoms with Gasteiger partial charge < -0.3 is 19.6 Å². The summed E-state index contributed by atoms with van der Waals surface area (Å²) in [6.45, 7) is 1.85. The van der Waals surface area contributed by atoms with Gasteiger partial charge in [0.15, 0.2) is 11.8 Å². The van der Waals surface area contributed by atoms with Crippen LogP contribution in [-0.4, -0.2) is 39.8 Å². The van der Waals surface area contributed by atoms with Crippen LogP contribution in [0.1, 0.15) is 22.5 Å². The van der Waals surface area contributed by atoms with Gasteiger partial charge >= 0.3 is 0 Å². The summed E-state index contributed by atoms with van der Waals surface area (Å²) in [5.74, 6) is 0.301. The lowest BCUT2D eigenvalue weighted by Crippen LogP contribution is -2.28. The third-order valence-electron chi connectivity index (χ3n) is 6.06. The maximum Gasteiger partial charge on any atom is 0.267 e. The molecule has 5 rings (SSSR count). The van der Waals surface area contributed by atoms with Gasteiger partial charge in [-0.2, -0.15) is 5.10 Å². The Kier molecular flexibility index (Phi) is 9.65. The minimum Gasteiger partial charge on any atom is -0.507 e. The standard InChI is InChI=1S/C31H24BrClN4O5S/c1-19-4-8-24(9-5-19)35-29(39)18-42-27-11-7-23(33)14-20(27)15-28-30(40)37(17-25-3-2-12-41-25)31(43-28)36-34-16-21-13-22(32)6-10-26(21)38/h2-16,38H,17-18H2,1H3,(H,35,39)/b28-15-,34-16+,36-31-. The van der Waals surface area contributed by atoms with Gasteiger partial charge in [0.25, 0.3) is 11.8 Å². The number of halogens is 2. The van der Waals surface area contributed by atoms with Crippen molar-refractivity contribution in [2.75, 3.05) is 11.9 Å². The van der Waals surface area contributed by atoms with Crippen LogP contribution in [0.2, 0.25) is 5.02 Å². The molecule has 0 bridgehead atoms. The van der Waals surface area contributed by atoms with Gasteiger partial charge in [-0.15, -0.1) is 5.10 Å². The van der Waals surface area contributed by atoms with Crippen LogP contribution in [0, 0.1) is 6.92 Å². The van der Waals surface area contributed by atoms with Crippen molar-refractivity contribution in [1.29, 1.82) is 0 Å². The first-order chi connectivity index (χ1) is 20.7. The van der Waals surface area contributed by atoms with Gasteiger partial charge in [0.2, 0.25) is 0 Å². The highest BCUT2D eigenvalue weighted by molar-refractivity contribution is 9.10. The van der Waals surface area contributed by atoms with Crippen LogP contribution in [0.3, 0.4) is 0 Å². The topological polar surface area (TPSA) is 117 Å². The molecule has 1 aliphatic heterocycles. The average Bonchev–Trinajstić information content (AvgIpc) is 3.60. The van der Waals surface area contributed by atoms with Crippen LogP contribution in [0.5, 0.6) is 11.5 Å². The lowest BCUT2D eigenvalue weighted by atomic mass is 10.2. The molecule has 2 heterocycles. The van der Waals surface area contributed by atoms with Gasteiger partial charge in [-0.05, 0) is 85.4 Å². The largest absolute Gasteiger partial charge is 0.507 e. The van der Waals surface area contributed by atoms with E-state index in [9.17, 15) is 14.7 Å². The number of rotatable bonds is 9. The Morgan fingerprint density at radius 1 is 1.14 bits per heavy atom. The summed E-state index contributed by atoms with van der Waals surface area (Å²) >= 11 is 10.8. The fraction of sp³-hybridized carbons (Fsp3) is 0.0968. The Balaban J connectivity index is 1.38. The second-order valence-electron chi connectivity index (χ2n) is 9.30. The fourth-order valence-electron chi connectivity index (χ4n) is 3.93. The van der Waals surface area contributed by atoms with Crippen molar-refractivity contribution in [2.24, 2.45) is 10.2 Å². The van der Waals surface area contributed by atoms with E-state index in [4.69, 9.17) is 20.8 Å². The third-order valence-corrected chi connectivity index (χ3v) is 7.79. The number of phenolic OH excluding ortho intramolecular Hbond substituents is 1. The minimum absolute atomic E-state index is 0.0383. The van der Waals surface area contributed by atoms with Crippen molar-refractivity contribution in [3.8, 4) is 11.5 Å². The van der Waals surface area contributed by atoms with Crippen molar-refractivity contribution in [2.45, 2.75) is 13.5 Å². The molecule has 2 N–H and O–H groups in total. The molecule has 1 aliphatic rings. The van der Waals surface area contributed by atoms with Gasteiger partial charge in [-0.25, -0.2) is 0 Å². The highest BCUT2D eigenvalue weighted by Crippen LogP contribution is 2.36. The van der Waals surface area contributed by atoms with Crippen LogP contribution in [-0.2, 0) is 16.1 Å². The normalized spacial score (nSPS) is 15.1. The van der Waals surface area contributed by atoms with Crippen molar-refractivity contribution in [3.63, 3.8) is 0 Å². The van der Waals surface area contributed by atoms with Crippen molar-refractivity contribution in [3.05, 3.63) is 116 Å². The van der Waals surface area contributed by atoms with E-state index in [1.165, 1.54) is 23.4 Å². The van der Waals surface area contributed by atoms with Crippen LogP contribution >= 0.6 is 39.3 Å². The molecule has 0 unspecified atom stereocenters. The zero-order chi connectivity index (χ0) is 30.3. The molecule has 12 heteroatoms. The van der Waals surface area contributed by atoms with Crippen molar-refractivity contribution in [1.82, 2.24) is 4.90 Å². The van der Waals surface area contributed by atoms with Gasteiger partial charge in [0.05, 0.1) is 23.9 Å². The number of thioether (sulfide) groups is 1. The number of phenols is 1. The molecule has 218 valence electrons. The maximum absolute atomic E-state index is 13.5. The quantitative estimate of drug-likeness (QED) is 0.110. The molecule has 0 radical (unpaired) electrons. The Hall–Kier alpha value is -4.32. The molecule has 1 fully saturated rings. The van der Waals surface area contributed by atoms with E-state index in [2.05, 4.69) is 31.4 Å². The highest BCUT2D eigenvalue weighted by Gasteiger charge is 2.34. The maximum atomic E-state index is 13.5. The summed E-state index contributed by atoms with van der Waals surface area (Å²) in [5, 5.41) is 22.0. The Morgan fingerprint density at radius 2 is 1.95 bits per heavy atom. The van der Waals surface area contributed by atoms with Crippen molar-refractivity contribution >= 4 is 74.3 Å². The van der Waals surface area contributed by atoms with Gasteiger partial charge in [-0.3, -0.25) is 14.5 Å². The zero-order valence-electron chi connectivity index (χ0n) is 22.7. The van der Waals surface area contributed by atoms with Gasteiger partial charge in [0.1, 0.15) is 17.3 Å². The number of furan rings is 1. The summed E-state index contributed by atoms with van der Waals surface area (Å²) in [4.78, 5) is 27.8. The van der Waals surface area contributed by atoms with Crippen LogP contribution in [0.25, 0.3) is 6.08 Å². The summed E-state index contributed by atoms with van der Waals surface area (Å²) in [6.07, 6.45) is 4.55. The number of carbonyl (C=O) groups excluding carboxylic acids is 2. The SMILES string of the molecule is Cc1ccc(NC(=O)COc2ccc(Cl)cc2/C=C2\S/C(=N\N=C\c3cc(Br)ccc3O)N(Cc3ccco3)C2=O)cc1. The molecule has 0 saturated carbocycles. The Bertz CT molecular complexity index is 1740. The first kappa shape index (κ1) is 30.1.